The number of hydrogen-bond donors (Lipinski definition) is 2. The number of nitrogens with zero attached hydrogens (tertiary/aromatic N) is 4. The van der Waals surface area contributed by atoms with Crippen molar-refractivity contribution in [2.24, 2.45) is 0 Å². The lowest BCUT2D eigenvalue weighted by Gasteiger charge is -2.32. The highest BCUT2D eigenvalue weighted by molar-refractivity contribution is 5.84. The molecule has 2 heterocycles. The minimum atomic E-state index is -1.13. The molecule has 23 heavy (non-hydrogen) atoms. The van der Waals surface area contributed by atoms with Crippen molar-refractivity contribution in [1.29, 1.82) is 0 Å². The van der Waals surface area contributed by atoms with Gasteiger partial charge in [-0.1, -0.05) is 0 Å². The smallest absolute Gasteiger partial charge is 0.412 e. The van der Waals surface area contributed by atoms with Gasteiger partial charge < -0.3 is 19.5 Å². The van der Waals surface area contributed by atoms with Crippen LogP contribution in [0.2, 0.25) is 0 Å². The van der Waals surface area contributed by atoms with Gasteiger partial charge in [0.15, 0.2) is 11.9 Å². The first kappa shape index (κ1) is 16.7. The fourth-order valence-corrected chi connectivity index (χ4v) is 2.02. The van der Waals surface area contributed by atoms with Crippen LogP contribution < -0.4 is 5.32 Å². The number of aromatic nitrogens is 3. The van der Waals surface area contributed by atoms with Crippen molar-refractivity contribution in [3.05, 3.63) is 6.20 Å². The highest BCUT2D eigenvalue weighted by atomic mass is 16.5. The number of morpholine rings is 1. The summed E-state index contributed by atoms with van der Waals surface area (Å²) in [5, 5.41) is 19.2. The van der Waals surface area contributed by atoms with E-state index in [4.69, 9.17) is 14.6 Å². The van der Waals surface area contributed by atoms with Crippen LogP contribution in [-0.2, 0) is 25.6 Å². The van der Waals surface area contributed by atoms with E-state index in [0.717, 1.165) is 4.80 Å². The lowest BCUT2D eigenvalue weighted by atomic mass is 10.2. The van der Waals surface area contributed by atoms with E-state index in [-0.39, 0.29) is 38.7 Å². The Bertz CT molecular complexity index is 588. The van der Waals surface area contributed by atoms with Crippen molar-refractivity contribution in [1.82, 2.24) is 19.9 Å². The molecule has 1 saturated heterocycles. The zero-order chi connectivity index (χ0) is 16.8. The lowest BCUT2D eigenvalue weighted by molar-refractivity contribution is -0.158. The predicted molar refractivity (Wildman–Crippen MR) is 74.6 cm³/mol. The molecule has 126 valence electrons. The number of nitrogens with one attached hydrogen (secondary N) is 1. The van der Waals surface area contributed by atoms with Crippen LogP contribution in [0.3, 0.4) is 0 Å². The second-order valence-electron chi connectivity index (χ2n) is 4.62. The van der Waals surface area contributed by atoms with Crippen LogP contribution in [0, 0.1) is 0 Å². The van der Waals surface area contributed by atoms with Crippen LogP contribution in [0.15, 0.2) is 6.20 Å². The molecular formula is C12H17N5O6. The van der Waals surface area contributed by atoms with Crippen LogP contribution in [0.4, 0.5) is 10.6 Å². The first-order valence-corrected chi connectivity index (χ1v) is 6.95. The molecule has 2 rings (SSSR count). The highest BCUT2D eigenvalue weighted by Gasteiger charge is 2.32. The van der Waals surface area contributed by atoms with E-state index in [1.54, 1.807) is 6.92 Å². The number of carboxylic acid groups (broad SMARTS) is 1. The van der Waals surface area contributed by atoms with Crippen LogP contribution in [0.25, 0.3) is 0 Å². The predicted octanol–water partition coefficient (Wildman–Crippen LogP) is -0.841. The van der Waals surface area contributed by atoms with Crippen molar-refractivity contribution >= 4 is 23.8 Å². The van der Waals surface area contributed by atoms with Gasteiger partial charge in [-0.25, -0.2) is 9.59 Å². The maximum Gasteiger partial charge on any atom is 0.412 e. The monoisotopic (exact) mass is 327 g/mol. The summed E-state index contributed by atoms with van der Waals surface area (Å²) in [7, 11) is 0. The van der Waals surface area contributed by atoms with Crippen LogP contribution in [0.5, 0.6) is 0 Å². The largest absolute Gasteiger partial charge is 0.480 e. The number of carbonyl (C=O) groups is 3. The minimum absolute atomic E-state index is 0.0523. The van der Waals surface area contributed by atoms with Gasteiger partial charge in [0.05, 0.1) is 26.0 Å². The van der Waals surface area contributed by atoms with Crippen LogP contribution in [0.1, 0.15) is 6.92 Å². The Morgan fingerprint density at radius 1 is 1.52 bits per heavy atom. The van der Waals surface area contributed by atoms with Gasteiger partial charge in [-0.3, -0.25) is 10.1 Å². The maximum absolute atomic E-state index is 12.2. The molecule has 1 unspecified atom stereocenters. The molecule has 2 amide bonds. The standard InChI is InChI=1S/C12H17N5O6/c1-2-23-12(21)14-9-5-13-17(15-9)6-10(18)16-3-4-22-7-8(16)11(19)20/h5,8H,2-4,6-7H2,1H3,(H,19,20)(H,14,15,21). The van der Waals surface area contributed by atoms with E-state index >= 15 is 0 Å². The minimum Gasteiger partial charge on any atom is -0.480 e. The molecule has 0 aromatic carbocycles. The number of rotatable bonds is 5. The average molecular weight is 327 g/mol. The van der Waals surface area contributed by atoms with Crippen LogP contribution in [-0.4, -0.2) is 75.4 Å². The molecule has 0 bridgehead atoms. The van der Waals surface area contributed by atoms with Crippen LogP contribution >= 0.6 is 0 Å². The zero-order valence-electron chi connectivity index (χ0n) is 12.5. The molecule has 0 spiro atoms. The normalized spacial score (nSPS) is 17.6. The summed E-state index contributed by atoms with van der Waals surface area (Å²) in [5.41, 5.74) is 0. The van der Waals surface area contributed by atoms with Gasteiger partial charge in [-0.05, 0) is 6.92 Å². The average Bonchev–Trinajstić information content (AvgIpc) is 2.94. The third-order valence-electron chi connectivity index (χ3n) is 3.05. The van der Waals surface area contributed by atoms with E-state index < -0.39 is 24.0 Å². The maximum atomic E-state index is 12.2. The summed E-state index contributed by atoms with van der Waals surface area (Å²) in [6, 6.07) is -1.02. The van der Waals surface area contributed by atoms with E-state index in [0.29, 0.717) is 0 Å². The molecule has 1 aliphatic heterocycles. The Balaban J connectivity index is 1.96. The zero-order valence-corrected chi connectivity index (χ0v) is 12.5. The van der Waals surface area contributed by atoms with Gasteiger partial charge in [-0.2, -0.15) is 9.90 Å². The Kier molecular flexibility index (Phi) is 5.46. The molecule has 1 atom stereocenters. The van der Waals surface area contributed by atoms with Gasteiger partial charge in [0, 0.05) is 6.54 Å². The number of amides is 2. The molecule has 2 N–H and O–H groups in total. The number of ether oxygens (including phenoxy) is 2. The fraction of sp³-hybridized carbons (Fsp3) is 0.583. The summed E-state index contributed by atoms with van der Waals surface area (Å²) < 4.78 is 9.76. The van der Waals surface area contributed by atoms with Gasteiger partial charge in [0.1, 0.15) is 6.54 Å². The van der Waals surface area contributed by atoms with Gasteiger partial charge in [0.2, 0.25) is 5.91 Å². The summed E-state index contributed by atoms with van der Waals surface area (Å²) >= 11 is 0. The Labute approximate surface area is 131 Å². The van der Waals surface area contributed by atoms with Gasteiger partial charge >= 0.3 is 12.1 Å². The van der Waals surface area contributed by atoms with E-state index in [9.17, 15) is 14.4 Å². The van der Waals surface area contributed by atoms with Crippen molar-refractivity contribution < 1.29 is 29.0 Å². The first-order chi connectivity index (χ1) is 11.0. The van der Waals surface area contributed by atoms with E-state index in [2.05, 4.69) is 15.5 Å². The Hall–Kier alpha value is -2.69. The second-order valence-corrected chi connectivity index (χ2v) is 4.62. The third-order valence-corrected chi connectivity index (χ3v) is 3.05. The number of anilines is 1. The molecule has 0 saturated carbocycles. The van der Waals surface area contributed by atoms with E-state index in [1.165, 1.54) is 11.1 Å². The summed E-state index contributed by atoms with van der Waals surface area (Å²) in [5.74, 6) is -1.44. The summed E-state index contributed by atoms with van der Waals surface area (Å²) in [6.07, 6.45) is 0.586. The second kappa shape index (κ2) is 7.54. The van der Waals surface area contributed by atoms with Crippen molar-refractivity contribution in [3.8, 4) is 0 Å². The topological polar surface area (TPSA) is 136 Å². The molecule has 0 radical (unpaired) electrons. The summed E-state index contributed by atoms with van der Waals surface area (Å²) in [4.78, 5) is 36.9. The molecule has 11 nitrogen and oxygen atoms in total. The first-order valence-electron chi connectivity index (χ1n) is 6.95. The molecule has 1 fully saturated rings. The van der Waals surface area contributed by atoms with Crippen molar-refractivity contribution in [3.63, 3.8) is 0 Å². The molecule has 1 aromatic rings. The van der Waals surface area contributed by atoms with Gasteiger partial charge in [0.25, 0.3) is 0 Å². The van der Waals surface area contributed by atoms with E-state index in [1.807, 2.05) is 0 Å². The summed E-state index contributed by atoms with van der Waals surface area (Å²) in [6.45, 7) is 2.04. The number of carboxylic acids is 1. The van der Waals surface area contributed by atoms with Crippen molar-refractivity contribution in [2.45, 2.75) is 19.5 Å². The molecule has 1 aromatic heterocycles. The Morgan fingerprint density at radius 2 is 2.30 bits per heavy atom. The highest BCUT2D eigenvalue weighted by Crippen LogP contribution is 2.09. The Morgan fingerprint density at radius 3 is 3.00 bits per heavy atom. The van der Waals surface area contributed by atoms with Gasteiger partial charge in [-0.15, -0.1) is 5.10 Å². The number of hydrogen-bond acceptors (Lipinski definition) is 7. The molecule has 0 aliphatic carbocycles. The SMILES string of the molecule is CCOC(=O)Nc1cnn(CC(=O)N2CCOCC2C(=O)O)n1. The molecular weight excluding hydrogens is 310 g/mol. The fourth-order valence-electron chi connectivity index (χ4n) is 2.02. The molecule has 11 heteroatoms. The quantitative estimate of drug-likeness (QED) is 0.714. The number of carbonyl (C=O) groups excluding carboxylic acids is 2. The lowest BCUT2D eigenvalue weighted by Crippen LogP contribution is -2.53. The molecule has 1 aliphatic rings. The number of aliphatic carboxylic acids is 1. The van der Waals surface area contributed by atoms with Crippen molar-refractivity contribution in [2.75, 3.05) is 31.7 Å². The third kappa shape index (κ3) is 4.39.